The van der Waals surface area contributed by atoms with E-state index >= 15 is 0 Å². The molecular formula is C17H24N2O2. The molecule has 114 valence electrons. The molecule has 2 heterocycles. The first kappa shape index (κ1) is 14.5. The zero-order valence-corrected chi connectivity index (χ0v) is 12.9. The molecule has 1 N–H and O–H groups in total. The average molecular weight is 288 g/mol. The van der Waals surface area contributed by atoms with E-state index in [2.05, 4.69) is 24.4 Å². The van der Waals surface area contributed by atoms with Gasteiger partial charge in [0, 0.05) is 32.3 Å². The van der Waals surface area contributed by atoms with E-state index < -0.39 is 0 Å². The highest BCUT2D eigenvalue weighted by Gasteiger charge is 2.29. The first-order valence-electron chi connectivity index (χ1n) is 7.83. The van der Waals surface area contributed by atoms with Gasteiger partial charge in [0.2, 0.25) is 0 Å². The molecule has 4 nitrogen and oxygen atoms in total. The zero-order chi connectivity index (χ0) is 14.8. The molecule has 0 spiro atoms. The lowest BCUT2D eigenvalue weighted by Gasteiger charge is -2.36. The summed E-state index contributed by atoms with van der Waals surface area (Å²) in [6, 6.07) is 6.15. The Hall–Kier alpha value is -1.39. The molecule has 1 aromatic carbocycles. The Kier molecular flexibility index (Phi) is 4.27. The number of rotatable bonds is 2. The Labute approximate surface area is 126 Å². The van der Waals surface area contributed by atoms with E-state index in [0.717, 1.165) is 38.0 Å². The topological polar surface area (TPSA) is 41.6 Å². The smallest absolute Gasteiger partial charge is 0.253 e. The van der Waals surface area contributed by atoms with Crippen molar-refractivity contribution in [3.8, 4) is 0 Å². The van der Waals surface area contributed by atoms with Crippen LogP contribution in [0.25, 0.3) is 0 Å². The van der Waals surface area contributed by atoms with Gasteiger partial charge in [-0.1, -0.05) is 13.0 Å². The lowest BCUT2D eigenvalue weighted by molar-refractivity contribution is -0.00157. The minimum absolute atomic E-state index is 0.136. The molecule has 21 heavy (non-hydrogen) atoms. The van der Waals surface area contributed by atoms with Crippen LogP contribution in [0, 0.1) is 5.92 Å². The van der Waals surface area contributed by atoms with Gasteiger partial charge in [0.05, 0.1) is 6.10 Å². The number of ether oxygens (including phenoxy) is 1. The number of likely N-dealkylation sites (tertiary alicyclic amines) is 1. The molecule has 0 aromatic heterocycles. The van der Waals surface area contributed by atoms with E-state index in [4.69, 9.17) is 4.74 Å². The van der Waals surface area contributed by atoms with Crippen LogP contribution in [0.15, 0.2) is 18.2 Å². The van der Waals surface area contributed by atoms with Crippen LogP contribution in [-0.4, -0.2) is 43.7 Å². The number of nitrogens with one attached hydrogen (secondary N) is 1. The third-order valence-corrected chi connectivity index (χ3v) is 4.82. The molecule has 1 fully saturated rings. The van der Waals surface area contributed by atoms with Gasteiger partial charge in [0.1, 0.15) is 0 Å². The summed E-state index contributed by atoms with van der Waals surface area (Å²) in [6.45, 7) is 5.62. The number of hydrogen-bond acceptors (Lipinski definition) is 3. The van der Waals surface area contributed by atoms with Crippen LogP contribution in [-0.2, 0) is 17.7 Å². The van der Waals surface area contributed by atoms with Crippen LogP contribution >= 0.6 is 0 Å². The third-order valence-electron chi connectivity index (χ3n) is 4.82. The van der Waals surface area contributed by atoms with Crippen LogP contribution in [0.3, 0.4) is 0 Å². The maximum atomic E-state index is 12.7. The maximum Gasteiger partial charge on any atom is 0.253 e. The van der Waals surface area contributed by atoms with Crippen molar-refractivity contribution < 1.29 is 9.53 Å². The summed E-state index contributed by atoms with van der Waals surface area (Å²) in [4.78, 5) is 14.6. The number of carbonyl (C=O) groups excluding carboxylic acids is 1. The standard InChI is InChI=1S/C17H24N2O2/c1-12-6-8-19(11-16(12)21-2)17(20)14-4-3-13-5-7-18-10-15(13)9-14/h3-4,9,12,16,18H,5-8,10-11H2,1-2H3. The summed E-state index contributed by atoms with van der Waals surface area (Å²) in [5.41, 5.74) is 3.44. The van der Waals surface area contributed by atoms with Gasteiger partial charge in [-0.15, -0.1) is 0 Å². The number of amides is 1. The summed E-state index contributed by atoms with van der Waals surface area (Å²) in [5.74, 6) is 0.657. The van der Waals surface area contributed by atoms with Crippen LogP contribution in [0.5, 0.6) is 0 Å². The molecular weight excluding hydrogens is 264 g/mol. The summed E-state index contributed by atoms with van der Waals surface area (Å²) in [5, 5.41) is 3.36. The minimum atomic E-state index is 0.136. The van der Waals surface area contributed by atoms with Crippen molar-refractivity contribution in [1.82, 2.24) is 10.2 Å². The number of nitrogens with zero attached hydrogens (tertiary/aromatic N) is 1. The fourth-order valence-corrected chi connectivity index (χ4v) is 3.32. The number of carbonyl (C=O) groups is 1. The van der Waals surface area contributed by atoms with E-state index in [9.17, 15) is 4.79 Å². The number of hydrogen-bond donors (Lipinski definition) is 1. The predicted molar refractivity (Wildman–Crippen MR) is 82.3 cm³/mol. The van der Waals surface area contributed by atoms with Gasteiger partial charge in [0.15, 0.2) is 0 Å². The molecule has 1 aromatic rings. The second kappa shape index (κ2) is 6.16. The molecule has 0 saturated carbocycles. The Morgan fingerprint density at radius 1 is 1.38 bits per heavy atom. The molecule has 0 bridgehead atoms. The van der Waals surface area contributed by atoms with Gasteiger partial charge < -0.3 is 15.0 Å². The van der Waals surface area contributed by atoms with Gasteiger partial charge >= 0.3 is 0 Å². The van der Waals surface area contributed by atoms with Gasteiger partial charge in [-0.3, -0.25) is 4.79 Å². The summed E-state index contributed by atoms with van der Waals surface area (Å²) >= 11 is 0. The van der Waals surface area contributed by atoms with E-state index in [1.165, 1.54) is 11.1 Å². The maximum absolute atomic E-state index is 12.7. The molecule has 2 unspecified atom stereocenters. The van der Waals surface area contributed by atoms with E-state index in [0.29, 0.717) is 12.5 Å². The van der Waals surface area contributed by atoms with Gasteiger partial charge in [-0.25, -0.2) is 0 Å². The second-order valence-electron chi connectivity index (χ2n) is 6.20. The Morgan fingerprint density at radius 3 is 3.05 bits per heavy atom. The quantitative estimate of drug-likeness (QED) is 0.903. The number of piperidine rings is 1. The van der Waals surface area contributed by atoms with Crippen molar-refractivity contribution in [1.29, 1.82) is 0 Å². The van der Waals surface area contributed by atoms with Gasteiger partial charge in [-0.05, 0) is 48.6 Å². The highest BCUT2D eigenvalue weighted by atomic mass is 16.5. The second-order valence-corrected chi connectivity index (χ2v) is 6.20. The van der Waals surface area contributed by atoms with Crippen LogP contribution in [0.1, 0.15) is 34.8 Å². The van der Waals surface area contributed by atoms with Crippen molar-refractivity contribution >= 4 is 5.91 Å². The lowest BCUT2D eigenvalue weighted by atomic mass is 9.94. The average Bonchev–Trinajstić information content (AvgIpc) is 2.54. The van der Waals surface area contributed by atoms with Crippen LogP contribution < -0.4 is 5.32 Å². The van der Waals surface area contributed by atoms with Crippen molar-refractivity contribution in [3.63, 3.8) is 0 Å². The third kappa shape index (κ3) is 2.97. The molecule has 4 heteroatoms. The zero-order valence-electron chi connectivity index (χ0n) is 12.9. The molecule has 1 amide bonds. The summed E-state index contributed by atoms with van der Waals surface area (Å²) in [6.07, 6.45) is 2.22. The molecule has 1 saturated heterocycles. The molecule has 2 atom stereocenters. The van der Waals surface area contributed by atoms with Gasteiger partial charge in [-0.2, -0.15) is 0 Å². The largest absolute Gasteiger partial charge is 0.379 e. The Bertz CT molecular complexity index is 530. The van der Waals surface area contributed by atoms with Gasteiger partial charge in [0.25, 0.3) is 5.91 Å². The van der Waals surface area contributed by atoms with Crippen molar-refractivity contribution in [2.24, 2.45) is 5.92 Å². The Balaban J connectivity index is 1.76. The fraction of sp³-hybridized carbons (Fsp3) is 0.588. The number of fused-ring (bicyclic) bond motifs is 1. The fourth-order valence-electron chi connectivity index (χ4n) is 3.32. The van der Waals surface area contributed by atoms with Crippen LogP contribution in [0.4, 0.5) is 0 Å². The van der Waals surface area contributed by atoms with E-state index in [1.54, 1.807) is 7.11 Å². The molecule has 2 aliphatic heterocycles. The van der Waals surface area contributed by atoms with Crippen molar-refractivity contribution in [2.75, 3.05) is 26.7 Å². The predicted octanol–water partition coefficient (Wildman–Crippen LogP) is 1.83. The molecule has 2 aliphatic rings. The molecule has 0 radical (unpaired) electrons. The SMILES string of the molecule is COC1CN(C(=O)c2ccc3c(c2)CNCC3)CCC1C. The van der Waals surface area contributed by atoms with Crippen molar-refractivity contribution in [2.45, 2.75) is 32.4 Å². The Morgan fingerprint density at radius 2 is 2.24 bits per heavy atom. The normalized spacial score (nSPS) is 25.5. The minimum Gasteiger partial charge on any atom is -0.379 e. The highest BCUT2D eigenvalue weighted by Crippen LogP contribution is 2.22. The molecule has 3 rings (SSSR count). The number of benzene rings is 1. The highest BCUT2D eigenvalue weighted by molar-refractivity contribution is 5.94. The first-order chi connectivity index (χ1) is 10.2. The van der Waals surface area contributed by atoms with Crippen molar-refractivity contribution in [3.05, 3.63) is 34.9 Å². The lowest BCUT2D eigenvalue weighted by Crippen LogP contribution is -2.46. The van der Waals surface area contributed by atoms with E-state index in [-0.39, 0.29) is 12.0 Å². The van der Waals surface area contributed by atoms with Crippen LogP contribution in [0.2, 0.25) is 0 Å². The van der Waals surface area contributed by atoms with E-state index in [1.807, 2.05) is 11.0 Å². The summed E-state index contributed by atoms with van der Waals surface area (Å²) < 4.78 is 5.51. The number of methoxy groups -OCH3 is 1. The first-order valence-corrected chi connectivity index (χ1v) is 7.83. The monoisotopic (exact) mass is 288 g/mol. The summed E-state index contributed by atoms with van der Waals surface area (Å²) in [7, 11) is 1.74. The molecule has 0 aliphatic carbocycles.